The molecule has 0 aromatic carbocycles. The van der Waals surface area contributed by atoms with Crippen molar-refractivity contribution < 1.29 is 14.7 Å². The number of amides is 1. The van der Waals surface area contributed by atoms with Gasteiger partial charge in [-0.3, -0.25) is 4.79 Å². The molecule has 1 aromatic heterocycles. The zero-order valence-corrected chi connectivity index (χ0v) is 11.5. The number of carbonyl (C=O) groups excluding carboxylic acids is 1. The minimum atomic E-state index is -0.975. The van der Waals surface area contributed by atoms with Crippen LogP contribution >= 0.6 is 0 Å². The number of hydrogen-bond donors (Lipinski definition) is 3. The van der Waals surface area contributed by atoms with Gasteiger partial charge in [0, 0.05) is 24.7 Å². The average Bonchev–Trinajstić information content (AvgIpc) is 3.22. The van der Waals surface area contributed by atoms with Crippen LogP contribution in [0.15, 0.2) is 12.1 Å². The first-order valence-electron chi connectivity index (χ1n) is 6.86. The first kappa shape index (κ1) is 14.3. The maximum atomic E-state index is 11.5. The second kappa shape index (κ2) is 6.36. The Morgan fingerprint density at radius 1 is 1.40 bits per heavy atom. The van der Waals surface area contributed by atoms with Gasteiger partial charge in [-0.2, -0.15) is 0 Å². The number of aryl methyl sites for hydroxylation is 1. The van der Waals surface area contributed by atoms with Crippen LogP contribution in [-0.4, -0.2) is 34.6 Å². The van der Waals surface area contributed by atoms with Gasteiger partial charge in [-0.15, -0.1) is 0 Å². The summed E-state index contributed by atoms with van der Waals surface area (Å²) in [5.41, 5.74) is 0.927. The third-order valence-corrected chi connectivity index (χ3v) is 3.09. The number of nitrogens with zero attached hydrogens (tertiary/aromatic N) is 1. The third-order valence-electron chi connectivity index (χ3n) is 3.09. The van der Waals surface area contributed by atoms with Crippen molar-refractivity contribution in [3.05, 3.63) is 23.4 Å². The van der Waals surface area contributed by atoms with Crippen LogP contribution in [0, 0.1) is 0 Å². The topological polar surface area (TPSA) is 91.3 Å². The molecule has 0 aliphatic heterocycles. The van der Waals surface area contributed by atoms with Crippen LogP contribution in [0.2, 0.25) is 0 Å². The summed E-state index contributed by atoms with van der Waals surface area (Å²) in [7, 11) is 0. The average molecular weight is 277 g/mol. The van der Waals surface area contributed by atoms with Crippen LogP contribution in [0.25, 0.3) is 0 Å². The lowest BCUT2D eigenvalue weighted by molar-refractivity contribution is -0.120. The molecule has 6 nitrogen and oxygen atoms in total. The molecule has 0 unspecified atom stereocenters. The van der Waals surface area contributed by atoms with Crippen molar-refractivity contribution in [2.75, 3.05) is 11.9 Å². The number of aromatic nitrogens is 1. The van der Waals surface area contributed by atoms with Gasteiger partial charge in [-0.25, -0.2) is 9.78 Å². The zero-order valence-electron chi connectivity index (χ0n) is 11.5. The number of nitrogens with one attached hydrogen (secondary N) is 2. The minimum Gasteiger partial charge on any atom is -0.478 e. The third kappa shape index (κ3) is 4.22. The quantitative estimate of drug-likeness (QED) is 0.701. The standard InChI is InChI=1S/C14H19N3O3/c1-2-10-7-9(14(19)20)8-12(16-10)15-6-5-13(18)17-11-3-4-11/h7-8,11H,2-6H2,1H3,(H,15,16)(H,17,18)(H,19,20). The highest BCUT2D eigenvalue weighted by molar-refractivity contribution is 5.88. The summed E-state index contributed by atoms with van der Waals surface area (Å²) in [5, 5.41) is 14.9. The number of aromatic carboxylic acids is 1. The van der Waals surface area contributed by atoms with E-state index in [-0.39, 0.29) is 11.5 Å². The van der Waals surface area contributed by atoms with E-state index < -0.39 is 5.97 Å². The molecule has 0 bridgehead atoms. The Balaban J connectivity index is 1.88. The van der Waals surface area contributed by atoms with Crippen LogP contribution in [0.1, 0.15) is 42.2 Å². The van der Waals surface area contributed by atoms with Crippen molar-refractivity contribution in [2.45, 2.75) is 38.6 Å². The SMILES string of the molecule is CCc1cc(C(=O)O)cc(NCCC(=O)NC2CC2)n1. The fraction of sp³-hybridized carbons (Fsp3) is 0.500. The molecule has 1 amide bonds. The van der Waals surface area contributed by atoms with Gasteiger partial charge in [0.15, 0.2) is 0 Å². The fourth-order valence-corrected chi connectivity index (χ4v) is 1.81. The maximum Gasteiger partial charge on any atom is 0.335 e. The molecule has 20 heavy (non-hydrogen) atoms. The van der Waals surface area contributed by atoms with Gasteiger partial charge in [0.1, 0.15) is 5.82 Å². The highest BCUT2D eigenvalue weighted by atomic mass is 16.4. The van der Waals surface area contributed by atoms with Gasteiger partial charge in [0.25, 0.3) is 0 Å². The van der Waals surface area contributed by atoms with E-state index in [1.54, 1.807) is 6.07 Å². The second-order valence-electron chi connectivity index (χ2n) is 4.91. The van der Waals surface area contributed by atoms with E-state index in [1.807, 2.05) is 6.92 Å². The Morgan fingerprint density at radius 3 is 2.75 bits per heavy atom. The van der Waals surface area contributed by atoms with Gasteiger partial charge in [-0.1, -0.05) is 6.92 Å². The summed E-state index contributed by atoms with van der Waals surface area (Å²) in [6.07, 6.45) is 3.16. The molecule has 3 N–H and O–H groups in total. The Labute approximate surface area is 117 Å². The molecular weight excluding hydrogens is 258 g/mol. The monoisotopic (exact) mass is 277 g/mol. The van der Waals surface area contributed by atoms with Gasteiger partial charge < -0.3 is 15.7 Å². The van der Waals surface area contributed by atoms with Crippen molar-refractivity contribution in [1.82, 2.24) is 10.3 Å². The second-order valence-corrected chi connectivity index (χ2v) is 4.91. The van der Waals surface area contributed by atoms with Gasteiger partial charge in [-0.05, 0) is 31.4 Å². The van der Waals surface area contributed by atoms with Crippen molar-refractivity contribution in [3.63, 3.8) is 0 Å². The lowest BCUT2D eigenvalue weighted by Crippen LogP contribution is -2.27. The van der Waals surface area contributed by atoms with E-state index in [9.17, 15) is 9.59 Å². The molecule has 1 heterocycles. The summed E-state index contributed by atoms with van der Waals surface area (Å²) >= 11 is 0. The summed E-state index contributed by atoms with van der Waals surface area (Å²) < 4.78 is 0. The molecule has 1 aliphatic rings. The number of carboxylic acids is 1. The first-order valence-corrected chi connectivity index (χ1v) is 6.86. The normalized spacial score (nSPS) is 13.8. The van der Waals surface area contributed by atoms with Crippen LogP contribution in [0.4, 0.5) is 5.82 Å². The number of hydrogen-bond acceptors (Lipinski definition) is 4. The van der Waals surface area contributed by atoms with Crippen LogP contribution in [-0.2, 0) is 11.2 Å². The number of carboxylic acid groups (broad SMARTS) is 1. The van der Waals surface area contributed by atoms with E-state index in [1.165, 1.54) is 6.07 Å². The highest BCUT2D eigenvalue weighted by Crippen LogP contribution is 2.18. The predicted octanol–water partition coefficient (Wildman–Crippen LogP) is 1.42. The molecule has 0 saturated heterocycles. The summed E-state index contributed by atoms with van der Waals surface area (Å²) in [5.74, 6) is -0.456. The smallest absolute Gasteiger partial charge is 0.335 e. The van der Waals surface area contributed by atoms with Gasteiger partial charge in [0.2, 0.25) is 5.91 Å². The van der Waals surface area contributed by atoms with Crippen molar-refractivity contribution in [1.29, 1.82) is 0 Å². The summed E-state index contributed by atoms with van der Waals surface area (Å²) in [6.45, 7) is 2.36. The van der Waals surface area contributed by atoms with Crippen LogP contribution in [0.3, 0.4) is 0 Å². The number of pyridine rings is 1. The van der Waals surface area contributed by atoms with Gasteiger partial charge in [0.05, 0.1) is 5.56 Å². The lowest BCUT2D eigenvalue weighted by atomic mass is 10.2. The first-order chi connectivity index (χ1) is 9.58. The molecule has 0 spiro atoms. The Hall–Kier alpha value is -2.11. The molecule has 1 fully saturated rings. The van der Waals surface area contributed by atoms with Crippen LogP contribution < -0.4 is 10.6 Å². The molecule has 2 rings (SSSR count). The molecular formula is C14H19N3O3. The maximum absolute atomic E-state index is 11.5. The Morgan fingerprint density at radius 2 is 2.15 bits per heavy atom. The molecule has 6 heteroatoms. The number of anilines is 1. The highest BCUT2D eigenvalue weighted by Gasteiger charge is 2.22. The molecule has 1 aliphatic carbocycles. The van der Waals surface area contributed by atoms with Crippen molar-refractivity contribution in [3.8, 4) is 0 Å². The fourth-order valence-electron chi connectivity index (χ4n) is 1.81. The predicted molar refractivity (Wildman–Crippen MR) is 74.8 cm³/mol. The van der Waals surface area contributed by atoms with Crippen molar-refractivity contribution >= 4 is 17.7 Å². The Kier molecular flexibility index (Phi) is 4.55. The Bertz CT molecular complexity index is 512. The van der Waals surface area contributed by atoms with E-state index in [0.29, 0.717) is 31.2 Å². The molecule has 0 atom stereocenters. The van der Waals surface area contributed by atoms with E-state index in [4.69, 9.17) is 5.11 Å². The zero-order chi connectivity index (χ0) is 14.5. The largest absolute Gasteiger partial charge is 0.478 e. The van der Waals surface area contributed by atoms with Crippen LogP contribution in [0.5, 0.6) is 0 Å². The molecule has 1 saturated carbocycles. The lowest BCUT2D eigenvalue weighted by Gasteiger charge is -2.08. The number of rotatable bonds is 7. The molecule has 108 valence electrons. The molecule has 0 radical (unpaired) electrons. The minimum absolute atomic E-state index is 0.0186. The van der Waals surface area contributed by atoms with Gasteiger partial charge >= 0.3 is 5.97 Å². The van der Waals surface area contributed by atoms with E-state index in [2.05, 4.69) is 15.6 Å². The van der Waals surface area contributed by atoms with E-state index >= 15 is 0 Å². The molecule has 1 aromatic rings. The summed E-state index contributed by atoms with van der Waals surface area (Å²) in [4.78, 5) is 26.8. The van der Waals surface area contributed by atoms with Crippen molar-refractivity contribution in [2.24, 2.45) is 0 Å². The summed E-state index contributed by atoms with van der Waals surface area (Å²) in [6, 6.07) is 3.41. The number of carbonyl (C=O) groups is 2. The van der Waals surface area contributed by atoms with E-state index in [0.717, 1.165) is 18.5 Å².